The van der Waals surface area contributed by atoms with Crippen LogP contribution in [0.1, 0.15) is 0 Å². The second-order valence-electron chi connectivity index (χ2n) is 5.21. The average molecular weight is 297 g/mol. The van der Waals surface area contributed by atoms with E-state index in [9.17, 15) is 0 Å². The van der Waals surface area contributed by atoms with Crippen molar-refractivity contribution < 1.29 is 4.62 Å². The van der Waals surface area contributed by atoms with Crippen molar-refractivity contribution in [1.29, 1.82) is 0 Å². The van der Waals surface area contributed by atoms with E-state index in [1.807, 2.05) is 60.5 Å². The van der Waals surface area contributed by atoms with Crippen molar-refractivity contribution in [2.45, 2.75) is 0 Å². The number of aromatic nitrogens is 3. The summed E-state index contributed by atoms with van der Waals surface area (Å²) in [5.41, 5.74) is 1.52. The Balaban J connectivity index is 2.47. The van der Waals surface area contributed by atoms with E-state index in [-0.39, 0.29) is 0 Å². The van der Waals surface area contributed by atoms with E-state index >= 15 is 0 Å². The summed E-state index contributed by atoms with van der Waals surface area (Å²) >= 11 is 0. The molecule has 1 radical (unpaired) electrons. The van der Waals surface area contributed by atoms with Gasteiger partial charge in [0.25, 0.3) is 0 Å². The number of hydrogen-bond acceptors (Lipinski definition) is 6. The van der Waals surface area contributed by atoms with Gasteiger partial charge in [-0.1, -0.05) is 0 Å². The van der Waals surface area contributed by atoms with Crippen LogP contribution < -0.4 is 4.62 Å². The molecule has 0 amide bonds. The fourth-order valence-electron chi connectivity index (χ4n) is 2.42. The third kappa shape index (κ3) is 2.38. The maximum absolute atomic E-state index is 6.28. The Labute approximate surface area is 120 Å². The summed E-state index contributed by atoms with van der Waals surface area (Å²) < 4.78 is 12.6. The molecule has 0 fully saturated rings. The summed E-state index contributed by atoms with van der Waals surface area (Å²) in [6.07, 6.45) is 0. The van der Waals surface area contributed by atoms with Crippen LogP contribution >= 0.6 is 7.94 Å². The summed E-state index contributed by atoms with van der Waals surface area (Å²) in [4.78, 5) is 1.50. The first kappa shape index (κ1) is 15.1. The Hall–Kier alpha value is -1.27. The van der Waals surface area contributed by atoms with Crippen LogP contribution in [0.25, 0.3) is 11.0 Å². The van der Waals surface area contributed by atoms with Gasteiger partial charge in [-0.25, -0.2) is 0 Å². The van der Waals surface area contributed by atoms with Crippen LogP contribution in [0.4, 0.5) is 0 Å². The number of hydrogen-bond donors (Lipinski definition) is 0. The molecule has 7 nitrogen and oxygen atoms in total. The molecule has 0 unspecified atom stereocenters. The number of benzene rings is 1. The SMILES string of the molecule is CN(C)[PH](On1nnc2[c]cccc21)(N(C)C)N(C)C. The molecule has 111 valence electrons. The van der Waals surface area contributed by atoms with Gasteiger partial charge >= 0.3 is 119 Å². The first-order valence-corrected chi connectivity index (χ1v) is 8.08. The van der Waals surface area contributed by atoms with Crippen molar-refractivity contribution in [3.8, 4) is 0 Å². The molecule has 0 saturated carbocycles. The molecule has 0 aliphatic carbocycles. The van der Waals surface area contributed by atoms with Gasteiger partial charge in [-0.2, -0.15) is 0 Å². The van der Waals surface area contributed by atoms with Gasteiger partial charge in [0.2, 0.25) is 0 Å². The molecule has 0 bridgehead atoms. The van der Waals surface area contributed by atoms with Crippen molar-refractivity contribution in [3.05, 3.63) is 24.3 Å². The standard InChI is InChI=1S/C12H22N6OP/c1-15(2)20(16(3)4,17(5)6)19-18-12-10-8-7-9-11(12)13-14-18/h7-8,10,20H,1-6H3. The number of fused-ring (bicyclic) bond motifs is 1. The zero-order valence-electron chi connectivity index (χ0n) is 12.8. The van der Waals surface area contributed by atoms with E-state index in [0.29, 0.717) is 5.52 Å². The summed E-state index contributed by atoms with van der Waals surface area (Å²) in [6.45, 7) is 0. The van der Waals surface area contributed by atoms with E-state index in [4.69, 9.17) is 4.62 Å². The second kappa shape index (κ2) is 5.61. The molecule has 0 aliphatic rings. The van der Waals surface area contributed by atoms with Crippen molar-refractivity contribution in [2.75, 3.05) is 42.3 Å². The molecule has 0 atom stereocenters. The van der Waals surface area contributed by atoms with Crippen LogP contribution in [-0.2, 0) is 0 Å². The molecule has 8 heteroatoms. The third-order valence-corrected chi connectivity index (χ3v) is 7.12. The summed E-state index contributed by atoms with van der Waals surface area (Å²) in [5, 5.41) is 8.18. The minimum atomic E-state index is -2.50. The summed E-state index contributed by atoms with van der Waals surface area (Å²) in [5.74, 6) is 0. The van der Waals surface area contributed by atoms with Gasteiger partial charge in [0, 0.05) is 0 Å². The van der Waals surface area contributed by atoms with Crippen LogP contribution in [0.15, 0.2) is 18.2 Å². The Kier molecular flexibility index (Phi) is 4.25. The van der Waals surface area contributed by atoms with Crippen molar-refractivity contribution in [2.24, 2.45) is 0 Å². The molecule has 0 spiro atoms. The molecular formula is C12H22N6OP. The Morgan fingerprint density at radius 3 is 2.25 bits per heavy atom. The van der Waals surface area contributed by atoms with Crippen LogP contribution in [-0.4, -0.2) is 71.5 Å². The van der Waals surface area contributed by atoms with E-state index in [2.05, 4.69) is 30.4 Å². The predicted molar refractivity (Wildman–Crippen MR) is 82.3 cm³/mol. The zero-order valence-corrected chi connectivity index (χ0v) is 13.8. The van der Waals surface area contributed by atoms with Gasteiger partial charge in [-0.05, 0) is 0 Å². The van der Waals surface area contributed by atoms with Gasteiger partial charge in [0.15, 0.2) is 0 Å². The van der Waals surface area contributed by atoms with Crippen LogP contribution in [0, 0.1) is 6.07 Å². The van der Waals surface area contributed by atoms with E-state index in [0.717, 1.165) is 5.52 Å². The maximum atomic E-state index is 6.28. The number of nitrogens with zero attached hydrogens (tertiary/aromatic N) is 6. The molecule has 20 heavy (non-hydrogen) atoms. The van der Waals surface area contributed by atoms with Crippen molar-refractivity contribution in [1.82, 2.24) is 29.2 Å². The first-order valence-electron chi connectivity index (χ1n) is 6.33. The molecule has 0 saturated heterocycles. The van der Waals surface area contributed by atoms with E-state index in [1.165, 1.54) is 4.85 Å². The van der Waals surface area contributed by atoms with Crippen molar-refractivity contribution >= 4 is 19.0 Å². The molecule has 2 aromatic rings. The molecule has 1 aromatic heterocycles. The fraction of sp³-hybridized carbons (Fsp3) is 0.500. The third-order valence-electron chi connectivity index (χ3n) is 3.20. The van der Waals surface area contributed by atoms with Gasteiger partial charge in [0.05, 0.1) is 0 Å². The Morgan fingerprint density at radius 1 is 1.10 bits per heavy atom. The molecule has 1 heterocycles. The van der Waals surface area contributed by atoms with Crippen LogP contribution in [0.5, 0.6) is 0 Å². The van der Waals surface area contributed by atoms with Gasteiger partial charge in [0.1, 0.15) is 0 Å². The predicted octanol–water partition coefficient (Wildman–Crippen LogP) is 0.755. The molecule has 0 aliphatic heterocycles. The number of rotatable bonds is 5. The Morgan fingerprint density at radius 2 is 1.70 bits per heavy atom. The summed E-state index contributed by atoms with van der Waals surface area (Å²) in [7, 11) is 9.57. The van der Waals surface area contributed by atoms with Gasteiger partial charge < -0.3 is 0 Å². The molecule has 1 aromatic carbocycles. The normalized spacial score (nSPS) is 13.7. The second-order valence-corrected chi connectivity index (χ2v) is 9.23. The monoisotopic (exact) mass is 297 g/mol. The fourth-order valence-corrected chi connectivity index (χ4v) is 5.67. The molecular weight excluding hydrogens is 275 g/mol. The zero-order chi connectivity index (χ0) is 14.9. The molecule has 2 rings (SSSR count). The van der Waals surface area contributed by atoms with Crippen LogP contribution in [0.2, 0.25) is 0 Å². The first-order chi connectivity index (χ1) is 9.39. The van der Waals surface area contributed by atoms with Gasteiger partial charge in [-0.3, -0.25) is 0 Å². The topological polar surface area (TPSA) is 49.7 Å². The van der Waals surface area contributed by atoms with Gasteiger partial charge in [-0.15, -0.1) is 0 Å². The molecule has 0 N–H and O–H groups in total. The summed E-state index contributed by atoms with van der Waals surface area (Å²) in [6, 6.07) is 8.68. The van der Waals surface area contributed by atoms with Crippen molar-refractivity contribution in [3.63, 3.8) is 0 Å². The minimum absolute atomic E-state index is 0.701. The van der Waals surface area contributed by atoms with E-state index < -0.39 is 7.94 Å². The van der Waals surface area contributed by atoms with E-state index in [1.54, 1.807) is 0 Å². The Bertz CT molecular complexity index is 560. The quantitative estimate of drug-likeness (QED) is 0.759. The van der Waals surface area contributed by atoms with Crippen LogP contribution in [0.3, 0.4) is 0 Å². The average Bonchev–Trinajstić information content (AvgIpc) is 2.77.